The number of aliphatic imine (C=N–C) groups is 1. The van der Waals surface area contributed by atoms with Crippen molar-refractivity contribution in [3.8, 4) is 5.75 Å². The Morgan fingerprint density at radius 3 is 2.64 bits per heavy atom. The molecule has 1 atom stereocenters. The lowest BCUT2D eigenvalue weighted by molar-refractivity contribution is 0.261. The van der Waals surface area contributed by atoms with Crippen LogP contribution in [-0.2, 0) is 10.0 Å². The predicted octanol–water partition coefficient (Wildman–Crippen LogP) is 2.35. The van der Waals surface area contributed by atoms with E-state index in [1.807, 2.05) is 18.2 Å². The van der Waals surface area contributed by atoms with E-state index in [9.17, 15) is 8.42 Å². The first-order chi connectivity index (χ1) is 13.0. The van der Waals surface area contributed by atoms with E-state index in [0.717, 1.165) is 43.1 Å². The van der Waals surface area contributed by atoms with Gasteiger partial charge in [-0.25, -0.2) is 12.7 Å². The number of nitrogens with zero attached hydrogens (tertiary/aromatic N) is 2. The molecule has 1 aromatic carbocycles. The number of rotatable bonds is 5. The van der Waals surface area contributed by atoms with Gasteiger partial charge in [-0.2, -0.15) is 0 Å². The third kappa shape index (κ3) is 6.21. The van der Waals surface area contributed by atoms with Crippen LogP contribution in [0.15, 0.2) is 29.3 Å². The van der Waals surface area contributed by atoms with Crippen molar-refractivity contribution < 1.29 is 13.2 Å². The van der Waals surface area contributed by atoms with Crippen molar-refractivity contribution >= 4 is 40.0 Å². The summed E-state index contributed by atoms with van der Waals surface area (Å²) in [5, 5.41) is 6.86. The highest BCUT2D eigenvalue weighted by atomic mass is 127. The molecule has 9 heteroatoms. The molecule has 0 aromatic heterocycles. The highest BCUT2D eigenvalue weighted by molar-refractivity contribution is 14.0. The van der Waals surface area contributed by atoms with Gasteiger partial charge in [-0.15, -0.1) is 24.0 Å². The fraction of sp³-hybridized carbons (Fsp3) is 0.632. The van der Waals surface area contributed by atoms with E-state index in [2.05, 4.69) is 23.6 Å². The maximum Gasteiger partial charge on any atom is 0.211 e. The number of para-hydroxylation sites is 1. The van der Waals surface area contributed by atoms with Crippen molar-refractivity contribution in [3.05, 3.63) is 29.8 Å². The van der Waals surface area contributed by atoms with Gasteiger partial charge < -0.3 is 15.4 Å². The molecular formula is C19H31IN4O3S. The third-order valence-corrected chi connectivity index (χ3v) is 6.47. The molecule has 0 radical (unpaired) electrons. The monoisotopic (exact) mass is 522 g/mol. The number of halogens is 1. The predicted molar refractivity (Wildman–Crippen MR) is 123 cm³/mol. The first-order valence-electron chi connectivity index (χ1n) is 9.69. The van der Waals surface area contributed by atoms with Gasteiger partial charge in [-0.3, -0.25) is 4.99 Å². The molecule has 0 spiro atoms. The van der Waals surface area contributed by atoms with Gasteiger partial charge in [0.15, 0.2) is 5.96 Å². The van der Waals surface area contributed by atoms with E-state index < -0.39 is 10.0 Å². The second-order valence-corrected chi connectivity index (χ2v) is 9.18. The molecule has 28 heavy (non-hydrogen) atoms. The number of ether oxygens (including phenoxy) is 1. The lowest BCUT2D eigenvalue weighted by atomic mass is 9.98. The quantitative estimate of drug-likeness (QED) is 0.353. The molecule has 1 fully saturated rings. The fourth-order valence-electron chi connectivity index (χ4n) is 3.62. The standard InChI is InChI=1S/C19H30N4O3S.HI/c1-3-20-19(21-14-15-8-11-23(12-9-15)27(2,24)25)22-17-10-13-26-18-7-5-4-6-16(17)18;/h4-7,15,17H,3,8-14H2,1-2H3,(H2,20,21,22);1H. The van der Waals surface area contributed by atoms with Gasteiger partial charge in [0.1, 0.15) is 5.75 Å². The van der Waals surface area contributed by atoms with Crippen LogP contribution in [0.2, 0.25) is 0 Å². The molecular weight excluding hydrogens is 491 g/mol. The molecule has 158 valence electrons. The van der Waals surface area contributed by atoms with E-state index in [4.69, 9.17) is 9.73 Å². The topological polar surface area (TPSA) is 83.0 Å². The van der Waals surface area contributed by atoms with Crippen molar-refractivity contribution in [3.63, 3.8) is 0 Å². The van der Waals surface area contributed by atoms with Crippen LogP contribution in [0.3, 0.4) is 0 Å². The zero-order valence-electron chi connectivity index (χ0n) is 16.6. The SMILES string of the molecule is CCNC(=NCC1CCN(S(C)(=O)=O)CC1)NC1CCOc2ccccc21.I. The van der Waals surface area contributed by atoms with Crippen LogP contribution in [0.4, 0.5) is 0 Å². The first kappa shape index (κ1) is 23.2. The van der Waals surface area contributed by atoms with Crippen molar-refractivity contribution in [2.24, 2.45) is 10.9 Å². The van der Waals surface area contributed by atoms with Gasteiger partial charge in [0, 0.05) is 38.2 Å². The summed E-state index contributed by atoms with van der Waals surface area (Å²) in [6.07, 6.45) is 3.89. The molecule has 1 aromatic rings. The lowest BCUT2D eigenvalue weighted by Gasteiger charge is -2.30. The van der Waals surface area contributed by atoms with Crippen LogP contribution >= 0.6 is 24.0 Å². The number of nitrogens with one attached hydrogen (secondary N) is 2. The highest BCUT2D eigenvalue weighted by Crippen LogP contribution is 2.31. The number of guanidine groups is 1. The Labute approximate surface area is 185 Å². The van der Waals surface area contributed by atoms with E-state index in [-0.39, 0.29) is 30.0 Å². The number of hydrogen-bond acceptors (Lipinski definition) is 4. The molecule has 2 heterocycles. The lowest BCUT2D eigenvalue weighted by Crippen LogP contribution is -2.42. The maximum absolute atomic E-state index is 11.6. The molecule has 7 nitrogen and oxygen atoms in total. The van der Waals surface area contributed by atoms with Gasteiger partial charge in [0.2, 0.25) is 10.0 Å². The molecule has 0 saturated carbocycles. The molecule has 1 saturated heterocycles. The Hall–Kier alpha value is -1.07. The molecule has 0 aliphatic carbocycles. The summed E-state index contributed by atoms with van der Waals surface area (Å²) in [7, 11) is -3.08. The Bertz CT molecular complexity index is 764. The zero-order chi connectivity index (χ0) is 19.3. The van der Waals surface area contributed by atoms with Crippen LogP contribution in [0, 0.1) is 5.92 Å². The Kier molecular flexibility index (Phi) is 8.81. The van der Waals surface area contributed by atoms with Crippen molar-refractivity contribution in [1.82, 2.24) is 14.9 Å². The van der Waals surface area contributed by atoms with E-state index in [1.165, 1.54) is 6.26 Å². The number of benzene rings is 1. The van der Waals surface area contributed by atoms with Gasteiger partial charge in [0.05, 0.1) is 18.9 Å². The second-order valence-electron chi connectivity index (χ2n) is 7.20. The van der Waals surface area contributed by atoms with E-state index in [1.54, 1.807) is 4.31 Å². The van der Waals surface area contributed by atoms with Crippen LogP contribution < -0.4 is 15.4 Å². The van der Waals surface area contributed by atoms with Gasteiger partial charge in [-0.05, 0) is 31.7 Å². The fourth-order valence-corrected chi connectivity index (χ4v) is 4.50. The van der Waals surface area contributed by atoms with Gasteiger partial charge in [0.25, 0.3) is 0 Å². The number of hydrogen-bond donors (Lipinski definition) is 2. The second kappa shape index (κ2) is 10.6. The molecule has 2 aliphatic heterocycles. The van der Waals surface area contributed by atoms with E-state index in [0.29, 0.717) is 32.2 Å². The average molecular weight is 522 g/mol. The molecule has 2 aliphatic rings. The molecule has 2 N–H and O–H groups in total. The Morgan fingerprint density at radius 2 is 1.96 bits per heavy atom. The van der Waals surface area contributed by atoms with Crippen LogP contribution in [0.1, 0.15) is 37.8 Å². The van der Waals surface area contributed by atoms with Gasteiger partial charge in [-0.1, -0.05) is 18.2 Å². The summed E-state index contributed by atoms with van der Waals surface area (Å²) in [5.41, 5.74) is 1.16. The Morgan fingerprint density at radius 1 is 1.25 bits per heavy atom. The summed E-state index contributed by atoms with van der Waals surface area (Å²) in [6.45, 7) is 5.44. The largest absolute Gasteiger partial charge is 0.493 e. The molecule has 0 bridgehead atoms. The number of piperidine rings is 1. The Balaban J connectivity index is 0.00000280. The number of sulfonamides is 1. The summed E-state index contributed by atoms with van der Waals surface area (Å²) in [5.74, 6) is 2.16. The van der Waals surface area contributed by atoms with E-state index >= 15 is 0 Å². The van der Waals surface area contributed by atoms with Gasteiger partial charge >= 0.3 is 0 Å². The third-order valence-electron chi connectivity index (χ3n) is 5.16. The van der Waals surface area contributed by atoms with Crippen molar-refractivity contribution in [2.45, 2.75) is 32.2 Å². The summed E-state index contributed by atoms with van der Waals surface area (Å²) < 4.78 is 30.6. The van der Waals surface area contributed by atoms with Crippen LogP contribution in [0.25, 0.3) is 0 Å². The maximum atomic E-state index is 11.6. The van der Waals surface area contributed by atoms with Crippen LogP contribution in [0.5, 0.6) is 5.75 Å². The zero-order valence-corrected chi connectivity index (χ0v) is 19.7. The highest BCUT2D eigenvalue weighted by Gasteiger charge is 2.25. The smallest absolute Gasteiger partial charge is 0.211 e. The average Bonchev–Trinajstić information content (AvgIpc) is 2.66. The van der Waals surface area contributed by atoms with Crippen LogP contribution in [-0.4, -0.2) is 57.7 Å². The summed E-state index contributed by atoms with van der Waals surface area (Å²) in [4.78, 5) is 4.78. The normalized spacial score (nSPS) is 21.2. The minimum Gasteiger partial charge on any atom is -0.493 e. The summed E-state index contributed by atoms with van der Waals surface area (Å²) in [6, 6.07) is 8.30. The number of fused-ring (bicyclic) bond motifs is 1. The van der Waals surface area contributed by atoms with Crippen molar-refractivity contribution in [2.75, 3.05) is 39.0 Å². The molecule has 1 unspecified atom stereocenters. The first-order valence-corrected chi connectivity index (χ1v) is 11.5. The minimum atomic E-state index is -3.08. The minimum absolute atomic E-state index is 0. The van der Waals surface area contributed by atoms with Crippen molar-refractivity contribution in [1.29, 1.82) is 0 Å². The summed E-state index contributed by atoms with van der Waals surface area (Å²) >= 11 is 0. The molecule has 3 rings (SSSR count). The molecule has 0 amide bonds.